The average molecular weight is 266 g/mol. The molecule has 1 aromatic heterocycles. The summed E-state index contributed by atoms with van der Waals surface area (Å²) in [6.07, 6.45) is 2.72. The summed E-state index contributed by atoms with van der Waals surface area (Å²) < 4.78 is 0. The molecule has 102 valence electrons. The number of anilines is 2. The van der Waals surface area contributed by atoms with Gasteiger partial charge in [-0.15, -0.1) is 0 Å². The standard InChI is InChI=1S/C16H18N4/c1-2-10-20(12-13-5-7-15(18)8-6-13)16-14(11-17)4-3-9-19-16/h3-9H,2,10,12,18H2,1H3. The minimum absolute atomic E-state index is 0.608. The highest BCUT2D eigenvalue weighted by Gasteiger charge is 2.12. The summed E-state index contributed by atoms with van der Waals surface area (Å²) in [5.74, 6) is 0.744. The van der Waals surface area contributed by atoms with Crippen LogP contribution in [0.15, 0.2) is 42.6 Å². The van der Waals surface area contributed by atoms with Crippen molar-refractivity contribution in [3.05, 3.63) is 53.7 Å². The Labute approximate surface area is 119 Å². The van der Waals surface area contributed by atoms with Gasteiger partial charge in [-0.05, 0) is 36.2 Å². The summed E-state index contributed by atoms with van der Waals surface area (Å²) in [5.41, 5.74) is 8.22. The third-order valence-corrected chi connectivity index (χ3v) is 3.05. The van der Waals surface area contributed by atoms with Gasteiger partial charge in [-0.2, -0.15) is 5.26 Å². The van der Waals surface area contributed by atoms with Crippen LogP contribution in [0, 0.1) is 11.3 Å². The molecule has 0 spiro atoms. The van der Waals surface area contributed by atoms with Crippen LogP contribution < -0.4 is 10.6 Å². The van der Waals surface area contributed by atoms with Gasteiger partial charge in [0.05, 0.1) is 5.56 Å². The molecule has 0 fully saturated rings. The lowest BCUT2D eigenvalue weighted by Crippen LogP contribution is -2.25. The number of nitrogens with zero attached hydrogens (tertiary/aromatic N) is 3. The fourth-order valence-electron chi connectivity index (χ4n) is 2.11. The first-order valence-electron chi connectivity index (χ1n) is 6.69. The number of nitrogens with two attached hydrogens (primary N) is 1. The Bertz CT molecular complexity index is 599. The van der Waals surface area contributed by atoms with Gasteiger partial charge >= 0.3 is 0 Å². The highest BCUT2D eigenvalue weighted by molar-refractivity contribution is 5.54. The first-order valence-corrected chi connectivity index (χ1v) is 6.69. The SMILES string of the molecule is CCCN(Cc1ccc(N)cc1)c1ncccc1C#N. The third kappa shape index (κ3) is 3.27. The van der Waals surface area contributed by atoms with Crippen LogP contribution >= 0.6 is 0 Å². The van der Waals surface area contributed by atoms with E-state index in [1.165, 1.54) is 0 Å². The van der Waals surface area contributed by atoms with Crippen LogP contribution in [0.4, 0.5) is 11.5 Å². The Kier molecular flexibility index (Phi) is 4.56. The predicted octanol–water partition coefficient (Wildman–Crippen LogP) is 2.95. The Morgan fingerprint density at radius 2 is 2.00 bits per heavy atom. The van der Waals surface area contributed by atoms with Crippen molar-refractivity contribution in [2.24, 2.45) is 0 Å². The number of hydrogen-bond acceptors (Lipinski definition) is 4. The Balaban J connectivity index is 2.27. The topological polar surface area (TPSA) is 65.9 Å². The van der Waals surface area contributed by atoms with E-state index in [0.717, 1.165) is 36.6 Å². The molecule has 1 heterocycles. The normalized spacial score (nSPS) is 10.0. The average Bonchev–Trinajstić information content (AvgIpc) is 2.49. The molecule has 0 atom stereocenters. The van der Waals surface area contributed by atoms with Crippen LogP contribution in [-0.4, -0.2) is 11.5 Å². The number of aromatic nitrogens is 1. The van der Waals surface area contributed by atoms with E-state index in [1.54, 1.807) is 18.3 Å². The van der Waals surface area contributed by atoms with Gasteiger partial charge in [0.15, 0.2) is 0 Å². The Morgan fingerprint density at radius 1 is 1.25 bits per heavy atom. The van der Waals surface area contributed by atoms with Crippen LogP contribution in [0.5, 0.6) is 0 Å². The van der Waals surface area contributed by atoms with E-state index >= 15 is 0 Å². The lowest BCUT2D eigenvalue weighted by atomic mass is 10.1. The number of pyridine rings is 1. The summed E-state index contributed by atoms with van der Waals surface area (Å²) >= 11 is 0. The molecule has 20 heavy (non-hydrogen) atoms. The molecule has 1 aromatic carbocycles. The number of rotatable bonds is 5. The van der Waals surface area contributed by atoms with Crippen molar-refractivity contribution in [2.75, 3.05) is 17.2 Å². The van der Waals surface area contributed by atoms with Gasteiger partial charge in [-0.3, -0.25) is 0 Å². The smallest absolute Gasteiger partial charge is 0.146 e. The molecule has 0 amide bonds. The molecular weight excluding hydrogens is 248 g/mol. The van der Waals surface area contributed by atoms with Crippen LogP contribution in [0.3, 0.4) is 0 Å². The van der Waals surface area contributed by atoms with Gasteiger partial charge in [-0.1, -0.05) is 19.1 Å². The van der Waals surface area contributed by atoms with E-state index in [2.05, 4.69) is 22.9 Å². The van der Waals surface area contributed by atoms with Crippen molar-refractivity contribution in [1.82, 2.24) is 4.98 Å². The monoisotopic (exact) mass is 266 g/mol. The minimum atomic E-state index is 0.608. The van der Waals surface area contributed by atoms with E-state index in [9.17, 15) is 5.26 Å². The minimum Gasteiger partial charge on any atom is -0.399 e. The number of benzene rings is 1. The summed E-state index contributed by atoms with van der Waals surface area (Å²) in [6.45, 7) is 3.70. The van der Waals surface area contributed by atoms with Gasteiger partial charge in [0.25, 0.3) is 0 Å². The van der Waals surface area contributed by atoms with E-state index in [1.807, 2.05) is 24.3 Å². The molecule has 0 saturated heterocycles. The highest BCUT2D eigenvalue weighted by atomic mass is 15.2. The zero-order valence-corrected chi connectivity index (χ0v) is 11.6. The second-order valence-electron chi connectivity index (χ2n) is 4.65. The Morgan fingerprint density at radius 3 is 2.65 bits per heavy atom. The lowest BCUT2D eigenvalue weighted by Gasteiger charge is -2.24. The number of hydrogen-bond donors (Lipinski definition) is 1. The van der Waals surface area contributed by atoms with E-state index in [-0.39, 0.29) is 0 Å². The lowest BCUT2D eigenvalue weighted by molar-refractivity contribution is 0.753. The van der Waals surface area contributed by atoms with Gasteiger partial charge in [0.2, 0.25) is 0 Å². The van der Waals surface area contributed by atoms with Gasteiger partial charge in [0, 0.05) is 25.0 Å². The van der Waals surface area contributed by atoms with Gasteiger partial charge < -0.3 is 10.6 Å². The second kappa shape index (κ2) is 6.58. The van der Waals surface area contributed by atoms with Crippen molar-refractivity contribution < 1.29 is 0 Å². The number of nitrogen functional groups attached to an aromatic ring is 1. The fraction of sp³-hybridized carbons (Fsp3) is 0.250. The third-order valence-electron chi connectivity index (χ3n) is 3.05. The van der Waals surface area contributed by atoms with Crippen LogP contribution in [0.1, 0.15) is 24.5 Å². The molecule has 4 heteroatoms. The molecular formula is C16H18N4. The summed E-state index contributed by atoms with van der Waals surface area (Å²) in [5, 5.41) is 9.20. The van der Waals surface area contributed by atoms with E-state index in [4.69, 9.17) is 5.73 Å². The first-order chi connectivity index (χ1) is 9.74. The first kappa shape index (κ1) is 13.9. The molecule has 2 N–H and O–H groups in total. The van der Waals surface area contributed by atoms with Crippen molar-refractivity contribution >= 4 is 11.5 Å². The molecule has 0 unspecified atom stereocenters. The molecule has 0 aliphatic heterocycles. The second-order valence-corrected chi connectivity index (χ2v) is 4.65. The van der Waals surface area contributed by atoms with Crippen LogP contribution in [0.2, 0.25) is 0 Å². The maximum Gasteiger partial charge on any atom is 0.146 e. The highest BCUT2D eigenvalue weighted by Crippen LogP contribution is 2.19. The molecule has 0 saturated carbocycles. The molecule has 0 radical (unpaired) electrons. The molecule has 0 bridgehead atoms. The van der Waals surface area contributed by atoms with Crippen molar-refractivity contribution in [3.8, 4) is 6.07 Å². The molecule has 0 aliphatic rings. The largest absolute Gasteiger partial charge is 0.399 e. The van der Waals surface area contributed by atoms with E-state index < -0.39 is 0 Å². The number of nitriles is 1. The van der Waals surface area contributed by atoms with Crippen molar-refractivity contribution in [2.45, 2.75) is 19.9 Å². The fourth-order valence-corrected chi connectivity index (χ4v) is 2.11. The Hall–Kier alpha value is -2.54. The van der Waals surface area contributed by atoms with Gasteiger partial charge in [-0.25, -0.2) is 4.98 Å². The van der Waals surface area contributed by atoms with Crippen molar-refractivity contribution in [1.29, 1.82) is 5.26 Å². The zero-order valence-electron chi connectivity index (χ0n) is 11.6. The summed E-state index contributed by atoms with van der Waals surface area (Å²) in [6, 6.07) is 13.6. The molecule has 4 nitrogen and oxygen atoms in total. The van der Waals surface area contributed by atoms with Crippen molar-refractivity contribution in [3.63, 3.8) is 0 Å². The van der Waals surface area contributed by atoms with Crippen LogP contribution in [-0.2, 0) is 6.54 Å². The van der Waals surface area contributed by atoms with Gasteiger partial charge in [0.1, 0.15) is 11.9 Å². The molecule has 2 aromatic rings. The zero-order chi connectivity index (χ0) is 14.4. The van der Waals surface area contributed by atoms with E-state index in [0.29, 0.717) is 5.56 Å². The van der Waals surface area contributed by atoms with Crippen LogP contribution in [0.25, 0.3) is 0 Å². The summed E-state index contributed by atoms with van der Waals surface area (Å²) in [4.78, 5) is 6.49. The molecule has 2 rings (SSSR count). The predicted molar refractivity (Wildman–Crippen MR) is 81.1 cm³/mol. The quantitative estimate of drug-likeness (QED) is 0.845. The molecule has 0 aliphatic carbocycles. The maximum atomic E-state index is 9.20. The maximum absolute atomic E-state index is 9.20. The summed E-state index contributed by atoms with van der Waals surface area (Å²) in [7, 11) is 0.